The maximum atomic E-state index is 12.5. The molecule has 0 spiro atoms. The standard InChI is InChI=1S/C22H24N2O3/c1-14-7-6-10-18-17(13-23-20(14)18)11-12-19(25)24-21(15(2)22(26)27)16-8-4-3-5-9-16/h3-10,13,15,21,23H,11-12H2,1-2H3,(H,24,25)(H,26,27). The van der Waals surface area contributed by atoms with Crippen LogP contribution in [-0.4, -0.2) is 22.0 Å². The van der Waals surface area contributed by atoms with Crippen LogP contribution in [0, 0.1) is 12.8 Å². The van der Waals surface area contributed by atoms with E-state index in [0.717, 1.165) is 22.0 Å². The molecular formula is C22H24N2O3. The van der Waals surface area contributed by atoms with Gasteiger partial charge in [-0.2, -0.15) is 0 Å². The Bertz CT molecular complexity index is 947. The number of aryl methyl sites for hydroxylation is 2. The Kier molecular flexibility index (Phi) is 5.60. The Balaban J connectivity index is 1.70. The second kappa shape index (κ2) is 8.08. The number of aliphatic carboxylic acids is 1. The summed E-state index contributed by atoms with van der Waals surface area (Å²) in [6, 6.07) is 14.8. The molecule has 140 valence electrons. The summed E-state index contributed by atoms with van der Waals surface area (Å²) in [5.41, 5.74) is 4.15. The van der Waals surface area contributed by atoms with Gasteiger partial charge in [0.05, 0.1) is 12.0 Å². The van der Waals surface area contributed by atoms with Gasteiger partial charge in [-0.15, -0.1) is 0 Å². The summed E-state index contributed by atoms with van der Waals surface area (Å²) in [5, 5.41) is 13.4. The molecule has 0 saturated carbocycles. The molecule has 0 radical (unpaired) electrons. The van der Waals surface area contributed by atoms with Gasteiger partial charge in [0.1, 0.15) is 0 Å². The molecule has 1 amide bonds. The molecule has 0 saturated heterocycles. The Labute approximate surface area is 158 Å². The fourth-order valence-corrected chi connectivity index (χ4v) is 3.36. The van der Waals surface area contributed by atoms with Crippen molar-refractivity contribution in [3.63, 3.8) is 0 Å². The minimum Gasteiger partial charge on any atom is -0.481 e. The second-order valence-electron chi connectivity index (χ2n) is 6.89. The number of carboxylic acid groups (broad SMARTS) is 1. The number of hydrogen-bond donors (Lipinski definition) is 3. The third-order valence-corrected chi connectivity index (χ3v) is 5.00. The number of rotatable bonds is 7. The molecule has 2 atom stereocenters. The van der Waals surface area contributed by atoms with E-state index in [-0.39, 0.29) is 5.91 Å². The number of aromatic amines is 1. The Hall–Kier alpha value is -3.08. The first kappa shape index (κ1) is 18.7. The van der Waals surface area contributed by atoms with Crippen LogP contribution < -0.4 is 5.32 Å². The molecule has 0 fully saturated rings. The molecule has 0 aliphatic heterocycles. The predicted molar refractivity (Wildman–Crippen MR) is 105 cm³/mol. The van der Waals surface area contributed by atoms with Crippen LogP contribution in [0.3, 0.4) is 0 Å². The summed E-state index contributed by atoms with van der Waals surface area (Å²) in [5.74, 6) is -1.80. The van der Waals surface area contributed by atoms with Crippen LogP contribution in [0.1, 0.15) is 36.1 Å². The zero-order valence-electron chi connectivity index (χ0n) is 15.5. The number of para-hydroxylation sites is 1. The lowest BCUT2D eigenvalue weighted by atomic mass is 9.94. The monoisotopic (exact) mass is 364 g/mol. The van der Waals surface area contributed by atoms with Crippen LogP contribution in [0.15, 0.2) is 54.7 Å². The van der Waals surface area contributed by atoms with Crippen molar-refractivity contribution in [2.75, 3.05) is 0 Å². The number of fused-ring (bicyclic) bond motifs is 1. The number of benzene rings is 2. The summed E-state index contributed by atoms with van der Waals surface area (Å²) in [7, 11) is 0. The number of hydrogen-bond acceptors (Lipinski definition) is 2. The van der Waals surface area contributed by atoms with Gasteiger partial charge in [-0.1, -0.05) is 48.5 Å². The van der Waals surface area contributed by atoms with Gasteiger partial charge in [-0.05, 0) is 37.0 Å². The molecule has 3 N–H and O–H groups in total. The number of nitrogens with one attached hydrogen (secondary N) is 2. The van der Waals surface area contributed by atoms with Crippen LogP contribution in [0.5, 0.6) is 0 Å². The zero-order chi connectivity index (χ0) is 19.4. The smallest absolute Gasteiger partial charge is 0.308 e. The molecule has 1 aromatic heterocycles. The molecule has 3 rings (SSSR count). The highest BCUT2D eigenvalue weighted by Gasteiger charge is 2.26. The van der Waals surface area contributed by atoms with Gasteiger partial charge in [-0.25, -0.2) is 0 Å². The van der Waals surface area contributed by atoms with Crippen LogP contribution in [0.25, 0.3) is 10.9 Å². The molecule has 3 aromatic rings. The molecule has 27 heavy (non-hydrogen) atoms. The van der Waals surface area contributed by atoms with Crippen molar-refractivity contribution >= 4 is 22.8 Å². The van der Waals surface area contributed by atoms with E-state index >= 15 is 0 Å². The lowest BCUT2D eigenvalue weighted by Crippen LogP contribution is -2.35. The highest BCUT2D eigenvalue weighted by molar-refractivity contribution is 5.86. The number of carbonyl (C=O) groups is 2. The van der Waals surface area contributed by atoms with Crippen LogP contribution >= 0.6 is 0 Å². The average Bonchev–Trinajstić information content (AvgIpc) is 3.09. The maximum Gasteiger partial charge on any atom is 0.308 e. The Morgan fingerprint density at radius 1 is 1.11 bits per heavy atom. The zero-order valence-corrected chi connectivity index (χ0v) is 15.5. The van der Waals surface area contributed by atoms with Crippen LogP contribution in [0.4, 0.5) is 0 Å². The van der Waals surface area contributed by atoms with Gasteiger partial charge >= 0.3 is 5.97 Å². The van der Waals surface area contributed by atoms with E-state index in [9.17, 15) is 14.7 Å². The van der Waals surface area contributed by atoms with Crippen molar-refractivity contribution in [2.24, 2.45) is 5.92 Å². The largest absolute Gasteiger partial charge is 0.481 e. The fourth-order valence-electron chi connectivity index (χ4n) is 3.36. The van der Waals surface area contributed by atoms with Crippen LogP contribution in [0.2, 0.25) is 0 Å². The fraction of sp³-hybridized carbons (Fsp3) is 0.273. The molecule has 5 heteroatoms. The summed E-state index contributed by atoms with van der Waals surface area (Å²) in [4.78, 5) is 27.3. The molecule has 0 aliphatic carbocycles. The number of H-pyrrole nitrogens is 1. The molecule has 0 bridgehead atoms. The van der Waals surface area contributed by atoms with Crippen molar-refractivity contribution in [1.29, 1.82) is 0 Å². The summed E-state index contributed by atoms with van der Waals surface area (Å²) < 4.78 is 0. The van der Waals surface area contributed by atoms with Gasteiger partial charge in [0.15, 0.2) is 0 Å². The average molecular weight is 364 g/mol. The van der Waals surface area contributed by atoms with Crippen LogP contribution in [-0.2, 0) is 16.0 Å². The number of amides is 1. The topological polar surface area (TPSA) is 82.2 Å². The first-order chi connectivity index (χ1) is 13.0. The summed E-state index contributed by atoms with van der Waals surface area (Å²) in [6.07, 6.45) is 2.84. The second-order valence-corrected chi connectivity index (χ2v) is 6.89. The van der Waals surface area contributed by atoms with Crippen molar-refractivity contribution in [2.45, 2.75) is 32.7 Å². The third kappa shape index (κ3) is 4.19. The minimum atomic E-state index is -0.934. The van der Waals surface area contributed by atoms with E-state index in [1.54, 1.807) is 6.92 Å². The lowest BCUT2D eigenvalue weighted by Gasteiger charge is -2.23. The van der Waals surface area contributed by atoms with E-state index in [0.29, 0.717) is 12.8 Å². The van der Waals surface area contributed by atoms with E-state index in [1.807, 2.05) is 61.7 Å². The highest BCUT2D eigenvalue weighted by Crippen LogP contribution is 2.24. The van der Waals surface area contributed by atoms with Gasteiger partial charge in [0, 0.05) is 23.5 Å². The van der Waals surface area contributed by atoms with E-state index in [1.165, 1.54) is 5.56 Å². The first-order valence-corrected chi connectivity index (χ1v) is 9.10. The third-order valence-electron chi connectivity index (χ3n) is 5.00. The Morgan fingerprint density at radius 3 is 2.56 bits per heavy atom. The van der Waals surface area contributed by atoms with Gasteiger partial charge < -0.3 is 15.4 Å². The quantitative estimate of drug-likeness (QED) is 0.593. The SMILES string of the molecule is Cc1cccc2c(CCC(=O)NC(c3ccccc3)C(C)C(=O)O)c[nH]c12. The van der Waals surface area contributed by atoms with Crippen molar-refractivity contribution in [3.8, 4) is 0 Å². The maximum absolute atomic E-state index is 12.5. The molecule has 2 unspecified atom stereocenters. The van der Waals surface area contributed by atoms with Crippen molar-refractivity contribution in [1.82, 2.24) is 10.3 Å². The lowest BCUT2D eigenvalue weighted by molar-refractivity contribution is -0.142. The molecule has 1 heterocycles. The predicted octanol–water partition coefficient (Wildman–Crippen LogP) is 3.99. The number of carboxylic acids is 1. The summed E-state index contributed by atoms with van der Waals surface area (Å²) in [6.45, 7) is 3.66. The molecule has 2 aromatic carbocycles. The number of carbonyl (C=O) groups excluding carboxylic acids is 1. The molecule has 5 nitrogen and oxygen atoms in total. The number of aromatic nitrogens is 1. The summed E-state index contributed by atoms with van der Waals surface area (Å²) >= 11 is 0. The van der Waals surface area contributed by atoms with Gasteiger partial charge in [0.25, 0.3) is 0 Å². The van der Waals surface area contributed by atoms with Crippen molar-refractivity contribution < 1.29 is 14.7 Å². The normalized spacial score (nSPS) is 13.3. The van der Waals surface area contributed by atoms with Gasteiger partial charge in [0.2, 0.25) is 5.91 Å². The van der Waals surface area contributed by atoms with Gasteiger partial charge in [-0.3, -0.25) is 9.59 Å². The van der Waals surface area contributed by atoms with Crippen molar-refractivity contribution in [3.05, 3.63) is 71.4 Å². The van der Waals surface area contributed by atoms with E-state index < -0.39 is 17.9 Å². The highest BCUT2D eigenvalue weighted by atomic mass is 16.4. The molecule has 0 aliphatic rings. The van der Waals surface area contributed by atoms with E-state index in [4.69, 9.17) is 0 Å². The Morgan fingerprint density at radius 2 is 1.85 bits per heavy atom. The first-order valence-electron chi connectivity index (χ1n) is 9.10. The van der Waals surface area contributed by atoms with E-state index in [2.05, 4.69) is 10.3 Å². The minimum absolute atomic E-state index is 0.154. The molecular weight excluding hydrogens is 340 g/mol.